The molecule has 0 saturated heterocycles. The number of nitriles is 1. The zero-order chi connectivity index (χ0) is 15.3. The Labute approximate surface area is 126 Å². The molecule has 1 aromatic carbocycles. The van der Waals surface area contributed by atoms with Crippen molar-refractivity contribution in [1.29, 1.82) is 5.26 Å². The number of hydrogen-bond donors (Lipinski definition) is 1. The highest BCUT2D eigenvalue weighted by Gasteiger charge is 2.35. The molecule has 21 heavy (non-hydrogen) atoms. The van der Waals surface area contributed by atoms with Crippen molar-refractivity contribution in [3.8, 4) is 11.8 Å². The summed E-state index contributed by atoms with van der Waals surface area (Å²) in [6.45, 7) is 3.69. The summed E-state index contributed by atoms with van der Waals surface area (Å²) >= 11 is 0. The first-order chi connectivity index (χ1) is 10.0. The van der Waals surface area contributed by atoms with Crippen LogP contribution in [0.4, 0.5) is 0 Å². The van der Waals surface area contributed by atoms with E-state index in [9.17, 15) is 10.1 Å². The number of benzene rings is 1. The third-order valence-electron chi connectivity index (χ3n) is 3.96. The number of nitrogens with zero attached hydrogens (tertiary/aromatic N) is 1. The van der Waals surface area contributed by atoms with Gasteiger partial charge in [-0.15, -0.1) is 0 Å². The van der Waals surface area contributed by atoms with Gasteiger partial charge in [-0.05, 0) is 44.4 Å². The van der Waals surface area contributed by atoms with E-state index in [-0.39, 0.29) is 5.91 Å². The van der Waals surface area contributed by atoms with Crippen LogP contribution in [0.25, 0.3) is 0 Å². The second-order valence-electron chi connectivity index (χ2n) is 5.82. The molecule has 0 bridgehead atoms. The van der Waals surface area contributed by atoms with E-state index in [1.165, 1.54) is 0 Å². The average Bonchev–Trinajstić information content (AvgIpc) is 2.48. The van der Waals surface area contributed by atoms with Gasteiger partial charge in [-0.1, -0.05) is 31.4 Å². The molecular formula is C17H22N2O2. The largest absolute Gasteiger partial charge is 0.481 e. The summed E-state index contributed by atoms with van der Waals surface area (Å²) in [4.78, 5) is 12.3. The van der Waals surface area contributed by atoms with Gasteiger partial charge in [0.1, 0.15) is 11.3 Å². The summed E-state index contributed by atoms with van der Waals surface area (Å²) < 4.78 is 5.67. The number of carbonyl (C=O) groups is 1. The van der Waals surface area contributed by atoms with Crippen molar-refractivity contribution in [2.75, 3.05) is 0 Å². The lowest BCUT2D eigenvalue weighted by molar-refractivity contribution is -0.129. The van der Waals surface area contributed by atoms with Gasteiger partial charge in [-0.2, -0.15) is 5.26 Å². The number of aryl methyl sites for hydroxylation is 1. The minimum atomic E-state index is -0.709. The maximum Gasteiger partial charge on any atom is 0.262 e. The average molecular weight is 286 g/mol. The van der Waals surface area contributed by atoms with E-state index in [4.69, 9.17) is 4.74 Å². The molecule has 4 heteroatoms. The lowest BCUT2D eigenvalue weighted by Gasteiger charge is -2.32. The summed E-state index contributed by atoms with van der Waals surface area (Å²) in [6.07, 6.45) is 3.95. The van der Waals surface area contributed by atoms with Gasteiger partial charge < -0.3 is 10.1 Å². The van der Waals surface area contributed by atoms with Crippen LogP contribution >= 0.6 is 0 Å². The number of ether oxygens (including phenoxy) is 1. The third-order valence-corrected chi connectivity index (χ3v) is 3.96. The summed E-state index contributed by atoms with van der Waals surface area (Å²) in [5, 5.41) is 12.3. The second-order valence-corrected chi connectivity index (χ2v) is 5.82. The Morgan fingerprint density at radius 3 is 2.71 bits per heavy atom. The van der Waals surface area contributed by atoms with Crippen LogP contribution in [0.2, 0.25) is 0 Å². The van der Waals surface area contributed by atoms with Gasteiger partial charge in [0.15, 0.2) is 6.10 Å². The first-order valence-electron chi connectivity index (χ1n) is 7.51. The molecule has 112 valence electrons. The van der Waals surface area contributed by atoms with E-state index in [0.717, 1.165) is 37.7 Å². The molecule has 1 N–H and O–H groups in total. The predicted molar refractivity (Wildman–Crippen MR) is 80.8 cm³/mol. The van der Waals surface area contributed by atoms with E-state index in [1.54, 1.807) is 6.92 Å². The van der Waals surface area contributed by atoms with Gasteiger partial charge in [0, 0.05) is 0 Å². The highest BCUT2D eigenvalue weighted by Crippen LogP contribution is 2.27. The quantitative estimate of drug-likeness (QED) is 0.925. The number of nitrogens with one attached hydrogen (secondary N) is 1. The molecule has 1 saturated carbocycles. The molecule has 4 nitrogen and oxygen atoms in total. The predicted octanol–water partition coefficient (Wildman–Crippen LogP) is 3.11. The van der Waals surface area contributed by atoms with E-state index >= 15 is 0 Å². The van der Waals surface area contributed by atoms with E-state index in [2.05, 4.69) is 11.4 Å². The molecule has 0 spiro atoms. The fraction of sp³-hybridized carbons (Fsp3) is 0.529. The summed E-state index contributed by atoms with van der Waals surface area (Å²) in [5.74, 6) is 0.451. The van der Waals surface area contributed by atoms with Crippen molar-refractivity contribution in [1.82, 2.24) is 5.32 Å². The van der Waals surface area contributed by atoms with E-state index < -0.39 is 11.6 Å². The molecule has 1 atom stereocenters. The van der Waals surface area contributed by atoms with Gasteiger partial charge in [-0.25, -0.2) is 0 Å². The third kappa shape index (κ3) is 3.98. The van der Waals surface area contributed by atoms with Crippen LogP contribution in [0.15, 0.2) is 24.3 Å². The molecule has 0 heterocycles. The maximum atomic E-state index is 12.3. The molecule has 1 aliphatic rings. The summed E-state index contributed by atoms with van der Waals surface area (Å²) in [5.41, 5.74) is 0.375. The monoisotopic (exact) mass is 286 g/mol. The van der Waals surface area contributed by atoms with Crippen molar-refractivity contribution in [3.63, 3.8) is 0 Å². The zero-order valence-electron chi connectivity index (χ0n) is 12.7. The Bertz CT molecular complexity index is 542. The Morgan fingerprint density at radius 2 is 2.10 bits per heavy atom. The molecule has 2 rings (SSSR count). The Morgan fingerprint density at radius 1 is 1.38 bits per heavy atom. The number of carbonyl (C=O) groups excluding carboxylic acids is 1. The smallest absolute Gasteiger partial charge is 0.262 e. The molecule has 1 fully saturated rings. The highest BCUT2D eigenvalue weighted by atomic mass is 16.5. The first kappa shape index (κ1) is 15.4. The highest BCUT2D eigenvalue weighted by molar-refractivity contribution is 5.82. The lowest BCUT2D eigenvalue weighted by atomic mass is 9.83. The van der Waals surface area contributed by atoms with E-state index in [1.807, 2.05) is 31.2 Å². The van der Waals surface area contributed by atoms with Crippen molar-refractivity contribution < 1.29 is 9.53 Å². The zero-order valence-corrected chi connectivity index (χ0v) is 12.7. The minimum absolute atomic E-state index is 0.222. The fourth-order valence-electron chi connectivity index (χ4n) is 2.70. The number of amides is 1. The van der Waals surface area contributed by atoms with Crippen LogP contribution in [0.1, 0.15) is 44.6 Å². The molecular weight excluding hydrogens is 264 g/mol. The Balaban J connectivity index is 1.97. The first-order valence-corrected chi connectivity index (χ1v) is 7.51. The molecule has 1 aliphatic carbocycles. The topological polar surface area (TPSA) is 62.1 Å². The lowest BCUT2D eigenvalue weighted by Crippen LogP contribution is -2.52. The second kappa shape index (κ2) is 6.62. The number of rotatable bonds is 4. The molecule has 0 radical (unpaired) electrons. The minimum Gasteiger partial charge on any atom is -0.481 e. The molecule has 1 unspecified atom stereocenters. The van der Waals surface area contributed by atoms with Crippen LogP contribution in [0.5, 0.6) is 5.75 Å². The maximum absolute atomic E-state index is 12.3. The van der Waals surface area contributed by atoms with Crippen LogP contribution in [-0.2, 0) is 4.79 Å². The van der Waals surface area contributed by atoms with Gasteiger partial charge in [0.25, 0.3) is 5.91 Å². The number of hydrogen-bond acceptors (Lipinski definition) is 3. The molecule has 1 aromatic rings. The fourth-order valence-corrected chi connectivity index (χ4v) is 2.70. The van der Waals surface area contributed by atoms with Crippen molar-refractivity contribution in [2.24, 2.45) is 0 Å². The van der Waals surface area contributed by atoms with Gasteiger partial charge in [0.2, 0.25) is 0 Å². The Kier molecular flexibility index (Phi) is 4.85. The standard InChI is InChI=1S/C17H22N2O2/c1-13-7-6-8-15(11-13)21-14(2)16(20)19-17(12-18)9-4-3-5-10-17/h6-8,11,14H,3-5,9-10H2,1-2H3,(H,19,20). The van der Waals surface area contributed by atoms with Crippen molar-refractivity contribution >= 4 is 5.91 Å². The van der Waals surface area contributed by atoms with E-state index in [0.29, 0.717) is 5.75 Å². The SMILES string of the molecule is Cc1cccc(OC(C)C(=O)NC2(C#N)CCCCC2)c1. The van der Waals surface area contributed by atoms with Crippen molar-refractivity contribution in [2.45, 2.75) is 57.6 Å². The van der Waals surface area contributed by atoms with Crippen molar-refractivity contribution in [3.05, 3.63) is 29.8 Å². The molecule has 1 amide bonds. The van der Waals surface area contributed by atoms with Gasteiger partial charge >= 0.3 is 0 Å². The van der Waals surface area contributed by atoms with Crippen LogP contribution in [0.3, 0.4) is 0 Å². The van der Waals surface area contributed by atoms with Gasteiger partial charge in [-0.3, -0.25) is 4.79 Å². The normalized spacial score (nSPS) is 18.3. The molecule has 0 aromatic heterocycles. The van der Waals surface area contributed by atoms with Crippen LogP contribution in [0, 0.1) is 18.3 Å². The van der Waals surface area contributed by atoms with Crippen LogP contribution < -0.4 is 10.1 Å². The van der Waals surface area contributed by atoms with Gasteiger partial charge in [0.05, 0.1) is 6.07 Å². The summed E-state index contributed by atoms with van der Waals surface area (Å²) in [6, 6.07) is 9.89. The summed E-state index contributed by atoms with van der Waals surface area (Å²) in [7, 11) is 0. The molecule has 0 aliphatic heterocycles. The Hall–Kier alpha value is -2.02. The van der Waals surface area contributed by atoms with Crippen LogP contribution in [-0.4, -0.2) is 17.6 Å².